The van der Waals surface area contributed by atoms with E-state index < -0.39 is 11.7 Å². The smallest absolute Gasteiger partial charge is 0.314 e. The Balaban J connectivity index is 1.57. The zero-order valence-corrected chi connectivity index (χ0v) is 13.6. The van der Waals surface area contributed by atoms with Gasteiger partial charge < -0.3 is 5.32 Å². The predicted octanol–water partition coefficient (Wildman–Crippen LogP) is 4.23. The van der Waals surface area contributed by atoms with Crippen LogP contribution < -0.4 is 5.32 Å². The Kier molecular flexibility index (Phi) is 4.97. The fourth-order valence-electron chi connectivity index (χ4n) is 3.98. The summed E-state index contributed by atoms with van der Waals surface area (Å²) in [5.41, 5.74) is 0.398. The van der Waals surface area contributed by atoms with E-state index in [-0.39, 0.29) is 6.04 Å². The van der Waals surface area contributed by atoms with Gasteiger partial charge in [0.25, 0.3) is 0 Å². The van der Waals surface area contributed by atoms with Crippen molar-refractivity contribution in [3.05, 3.63) is 35.4 Å². The molecule has 1 aromatic rings. The Hall–Kier alpha value is -1.07. The number of rotatable bonds is 3. The molecule has 1 aromatic carbocycles. The normalized spacial score (nSPS) is 25.7. The standard InChI is InChI=1S/C18H25F3N2/c1-13(14-4-6-16(7-5-14)18(19,20)21)23-11-8-15(9-12-23)17-3-2-10-22-17/h4-7,13,15,17,22H,2-3,8-12H2,1H3. The van der Waals surface area contributed by atoms with Crippen molar-refractivity contribution in [1.29, 1.82) is 0 Å². The Bertz CT molecular complexity index is 498. The summed E-state index contributed by atoms with van der Waals surface area (Å²) in [5.74, 6) is 0.758. The van der Waals surface area contributed by atoms with Crippen LogP contribution in [0.25, 0.3) is 0 Å². The lowest BCUT2D eigenvalue weighted by atomic mass is 9.87. The number of benzene rings is 1. The molecule has 0 spiro atoms. The highest BCUT2D eigenvalue weighted by Crippen LogP contribution is 2.33. The van der Waals surface area contributed by atoms with Crippen molar-refractivity contribution in [2.24, 2.45) is 5.92 Å². The van der Waals surface area contributed by atoms with E-state index in [1.54, 1.807) is 12.1 Å². The zero-order chi connectivity index (χ0) is 16.4. The number of likely N-dealkylation sites (tertiary alicyclic amines) is 1. The molecule has 128 valence electrons. The lowest BCUT2D eigenvalue weighted by Gasteiger charge is -2.38. The van der Waals surface area contributed by atoms with Crippen LogP contribution in [-0.4, -0.2) is 30.6 Å². The summed E-state index contributed by atoms with van der Waals surface area (Å²) in [6.07, 6.45) is 0.686. The van der Waals surface area contributed by atoms with E-state index in [4.69, 9.17) is 0 Å². The molecule has 2 fully saturated rings. The first-order chi connectivity index (χ1) is 10.9. The molecular weight excluding hydrogens is 301 g/mol. The van der Waals surface area contributed by atoms with Gasteiger partial charge in [-0.3, -0.25) is 4.90 Å². The van der Waals surface area contributed by atoms with Crippen molar-refractivity contribution < 1.29 is 13.2 Å². The number of nitrogens with one attached hydrogen (secondary N) is 1. The molecule has 2 nitrogen and oxygen atoms in total. The van der Waals surface area contributed by atoms with Gasteiger partial charge >= 0.3 is 6.18 Å². The lowest BCUT2D eigenvalue weighted by Crippen LogP contribution is -2.41. The second-order valence-corrected chi connectivity index (χ2v) is 6.87. The van der Waals surface area contributed by atoms with Crippen LogP contribution in [0.1, 0.15) is 49.8 Å². The maximum Gasteiger partial charge on any atom is 0.416 e. The molecule has 0 aliphatic carbocycles. The molecular formula is C18H25F3N2. The highest BCUT2D eigenvalue weighted by molar-refractivity contribution is 5.26. The number of halogens is 3. The van der Waals surface area contributed by atoms with Crippen LogP contribution in [0.2, 0.25) is 0 Å². The number of piperidine rings is 1. The first-order valence-electron chi connectivity index (χ1n) is 8.60. The third-order valence-corrected chi connectivity index (χ3v) is 5.51. The molecule has 2 aliphatic heterocycles. The maximum atomic E-state index is 12.6. The van der Waals surface area contributed by atoms with Crippen molar-refractivity contribution in [2.45, 2.75) is 50.9 Å². The van der Waals surface area contributed by atoms with Gasteiger partial charge in [0.15, 0.2) is 0 Å². The van der Waals surface area contributed by atoms with Crippen LogP contribution in [0, 0.1) is 5.92 Å². The van der Waals surface area contributed by atoms with Gasteiger partial charge in [-0.2, -0.15) is 13.2 Å². The number of hydrogen-bond acceptors (Lipinski definition) is 2. The van der Waals surface area contributed by atoms with Gasteiger partial charge in [-0.1, -0.05) is 12.1 Å². The average molecular weight is 326 g/mol. The Labute approximate surface area is 136 Å². The van der Waals surface area contributed by atoms with Gasteiger partial charge in [0.2, 0.25) is 0 Å². The van der Waals surface area contributed by atoms with Crippen LogP contribution in [-0.2, 0) is 6.18 Å². The molecule has 0 saturated carbocycles. The van der Waals surface area contributed by atoms with Crippen LogP contribution in [0.5, 0.6) is 0 Å². The second-order valence-electron chi connectivity index (χ2n) is 6.87. The van der Waals surface area contributed by atoms with Gasteiger partial charge in [-0.05, 0) is 75.9 Å². The maximum absolute atomic E-state index is 12.6. The molecule has 2 aliphatic rings. The molecule has 0 bridgehead atoms. The van der Waals surface area contributed by atoms with Crippen LogP contribution in [0.3, 0.4) is 0 Å². The SMILES string of the molecule is CC(c1ccc(C(F)(F)F)cc1)N1CCC(C2CCCN2)CC1. The summed E-state index contributed by atoms with van der Waals surface area (Å²) in [7, 11) is 0. The minimum absolute atomic E-state index is 0.176. The monoisotopic (exact) mass is 326 g/mol. The highest BCUT2D eigenvalue weighted by Gasteiger charge is 2.32. The van der Waals surface area contributed by atoms with Crippen LogP contribution in [0.15, 0.2) is 24.3 Å². The summed E-state index contributed by atoms with van der Waals surface area (Å²) in [4.78, 5) is 2.40. The van der Waals surface area contributed by atoms with Crippen molar-refractivity contribution >= 4 is 0 Å². The predicted molar refractivity (Wildman–Crippen MR) is 85.2 cm³/mol. The number of hydrogen-bond donors (Lipinski definition) is 1. The fraction of sp³-hybridized carbons (Fsp3) is 0.667. The summed E-state index contributed by atoms with van der Waals surface area (Å²) < 4.78 is 37.9. The third kappa shape index (κ3) is 3.89. The second kappa shape index (κ2) is 6.81. The van der Waals surface area contributed by atoms with Gasteiger partial charge in [0.1, 0.15) is 0 Å². The molecule has 2 atom stereocenters. The Morgan fingerprint density at radius 3 is 2.26 bits per heavy atom. The fourth-order valence-corrected chi connectivity index (χ4v) is 3.98. The third-order valence-electron chi connectivity index (χ3n) is 5.51. The summed E-state index contributed by atoms with van der Waals surface area (Å²) >= 11 is 0. The van der Waals surface area contributed by atoms with Crippen LogP contribution >= 0.6 is 0 Å². The molecule has 5 heteroatoms. The van der Waals surface area contributed by atoms with E-state index in [9.17, 15) is 13.2 Å². The molecule has 2 saturated heterocycles. The van der Waals surface area contributed by atoms with E-state index in [2.05, 4.69) is 17.1 Å². The quantitative estimate of drug-likeness (QED) is 0.894. The summed E-state index contributed by atoms with van der Waals surface area (Å²) in [6, 6.07) is 6.49. The number of nitrogens with zero attached hydrogens (tertiary/aromatic N) is 1. The Morgan fingerprint density at radius 2 is 1.74 bits per heavy atom. The average Bonchev–Trinajstić information content (AvgIpc) is 3.08. The first-order valence-corrected chi connectivity index (χ1v) is 8.60. The van der Waals surface area contributed by atoms with Gasteiger partial charge in [0.05, 0.1) is 5.56 Å². The number of alkyl halides is 3. The molecule has 1 N–H and O–H groups in total. The van der Waals surface area contributed by atoms with E-state index >= 15 is 0 Å². The van der Waals surface area contributed by atoms with Crippen LogP contribution in [0.4, 0.5) is 13.2 Å². The lowest BCUT2D eigenvalue weighted by molar-refractivity contribution is -0.137. The van der Waals surface area contributed by atoms with Gasteiger partial charge in [0, 0.05) is 12.1 Å². The van der Waals surface area contributed by atoms with Gasteiger partial charge in [-0.15, -0.1) is 0 Å². The van der Waals surface area contributed by atoms with Gasteiger partial charge in [-0.25, -0.2) is 0 Å². The van der Waals surface area contributed by atoms with Crippen molar-refractivity contribution in [1.82, 2.24) is 10.2 Å². The summed E-state index contributed by atoms with van der Waals surface area (Å²) in [6.45, 7) is 5.31. The van der Waals surface area contributed by atoms with E-state index in [1.807, 2.05) is 0 Å². The van der Waals surface area contributed by atoms with Crippen molar-refractivity contribution in [2.75, 3.05) is 19.6 Å². The molecule has 23 heavy (non-hydrogen) atoms. The molecule has 2 unspecified atom stereocenters. The molecule has 0 radical (unpaired) electrons. The Morgan fingerprint density at radius 1 is 1.09 bits per heavy atom. The van der Waals surface area contributed by atoms with E-state index in [0.717, 1.165) is 31.1 Å². The molecule has 3 rings (SSSR count). The zero-order valence-electron chi connectivity index (χ0n) is 13.6. The van der Waals surface area contributed by atoms with Crippen molar-refractivity contribution in [3.8, 4) is 0 Å². The minimum atomic E-state index is -4.26. The molecule has 0 aromatic heterocycles. The largest absolute Gasteiger partial charge is 0.416 e. The van der Waals surface area contributed by atoms with Crippen molar-refractivity contribution in [3.63, 3.8) is 0 Å². The molecule has 2 heterocycles. The summed E-state index contributed by atoms with van der Waals surface area (Å²) in [5, 5.41) is 3.60. The first kappa shape index (κ1) is 16.8. The van der Waals surface area contributed by atoms with E-state index in [1.165, 1.54) is 37.8 Å². The minimum Gasteiger partial charge on any atom is -0.314 e. The topological polar surface area (TPSA) is 15.3 Å². The van der Waals surface area contributed by atoms with E-state index in [0.29, 0.717) is 6.04 Å². The highest BCUT2D eigenvalue weighted by atomic mass is 19.4. The molecule has 0 amide bonds.